The Balaban J connectivity index is 2.63. The molecule has 0 radical (unpaired) electrons. The van der Waals surface area contributed by atoms with Gasteiger partial charge in [0.15, 0.2) is 0 Å². The van der Waals surface area contributed by atoms with Crippen LogP contribution >= 0.6 is 15.9 Å². The fourth-order valence-electron chi connectivity index (χ4n) is 1.44. The molecule has 1 aromatic rings. The fourth-order valence-corrected chi connectivity index (χ4v) is 2.04. The van der Waals surface area contributed by atoms with E-state index < -0.39 is 0 Å². The second-order valence-electron chi connectivity index (χ2n) is 4.11. The topological polar surface area (TPSA) is 49.4 Å². The Hall–Kier alpha value is -1.36. The summed E-state index contributed by atoms with van der Waals surface area (Å²) in [5, 5.41) is 2.62. The minimum Gasteiger partial charge on any atom is -0.345 e. The smallest absolute Gasteiger partial charge is 0.251 e. The minimum atomic E-state index is -0.239. The highest BCUT2D eigenvalue weighted by atomic mass is 79.9. The first kappa shape index (κ1) is 14.7. The first-order valence-corrected chi connectivity index (χ1v) is 6.52. The highest BCUT2D eigenvalue weighted by Gasteiger charge is 2.11. The summed E-state index contributed by atoms with van der Waals surface area (Å²) < 4.78 is 0.852. The van der Waals surface area contributed by atoms with Gasteiger partial charge in [-0.3, -0.25) is 9.59 Å². The lowest BCUT2D eigenvalue weighted by atomic mass is 10.1. The molecule has 0 aliphatic rings. The van der Waals surface area contributed by atoms with E-state index in [-0.39, 0.29) is 18.4 Å². The van der Waals surface area contributed by atoms with E-state index in [1.54, 1.807) is 24.1 Å². The van der Waals surface area contributed by atoms with Crippen molar-refractivity contribution in [1.82, 2.24) is 10.2 Å². The van der Waals surface area contributed by atoms with Gasteiger partial charge in [0.1, 0.15) is 0 Å². The normalized spacial score (nSPS) is 10.0. The van der Waals surface area contributed by atoms with Gasteiger partial charge < -0.3 is 10.2 Å². The number of amides is 2. The largest absolute Gasteiger partial charge is 0.345 e. The van der Waals surface area contributed by atoms with Crippen molar-refractivity contribution in [3.63, 3.8) is 0 Å². The maximum absolute atomic E-state index is 11.9. The van der Waals surface area contributed by atoms with Gasteiger partial charge in [0.2, 0.25) is 5.91 Å². The molecule has 0 fully saturated rings. The van der Waals surface area contributed by atoms with Crippen LogP contribution in [0, 0.1) is 6.92 Å². The van der Waals surface area contributed by atoms with Gasteiger partial charge in [0.05, 0.1) is 6.54 Å². The van der Waals surface area contributed by atoms with Crippen LogP contribution < -0.4 is 5.32 Å². The van der Waals surface area contributed by atoms with Crippen LogP contribution in [-0.4, -0.2) is 36.9 Å². The molecule has 18 heavy (non-hydrogen) atoms. The predicted molar refractivity (Wildman–Crippen MR) is 74.5 cm³/mol. The third-order valence-electron chi connectivity index (χ3n) is 2.60. The number of halogens is 1. The van der Waals surface area contributed by atoms with Gasteiger partial charge in [0, 0.05) is 23.6 Å². The van der Waals surface area contributed by atoms with Crippen molar-refractivity contribution in [2.24, 2.45) is 0 Å². The van der Waals surface area contributed by atoms with Crippen LogP contribution in [0.2, 0.25) is 0 Å². The summed E-state index contributed by atoms with van der Waals surface area (Å²) >= 11 is 3.34. The molecular formula is C13H17BrN2O2. The Morgan fingerprint density at radius 1 is 1.33 bits per heavy atom. The molecule has 98 valence electrons. The molecule has 2 amide bonds. The van der Waals surface area contributed by atoms with Gasteiger partial charge in [-0.05, 0) is 37.6 Å². The molecule has 0 heterocycles. The number of nitrogens with zero attached hydrogens (tertiary/aromatic N) is 1. The number of carbonyl (C=O) groups excluding carboxylic acids is 2. The summed E-state index contributed by atoms with van der Waals surface area (Å²) in [5.41, 5.74) is 1.54. The molecular weight excluding hydrogens is 296 g/mol. The van der Waals surface area contributed by atoms with Crippen LogP contribution in [0.1, 0.15) is 22.8 Å². The summed E-state index contributed by atoms with van der Waals surface area (Å²) in [6.45, 7) is 4.45. The van der Waals surface area contributed by atoms with Crippen LogP contribution in [0.25, 0.3) is 0 Å². The van der Waals surface area contributed by atoms with Crippen LogP contribution in [-0.2, 0) is 4.79 Å². The molecule has 0 bridgehead atoms. The number of carbonyl (C=O) groups is 2. The Labute approximate surface area is 115 Å². The number of nitrogens with one attached hydrogen (secondary N) is 1. The van der Waals surface area contributed by atoms with Crippen molar-refractivity contribution in [1.29, 1.82) is 0 Å². The van der Waals surface area contributed by atoms with Crippen molar-refractivity contribution in [3.05, 3.63) is 33.8 Å². The minimum absolute atomic E-state index is 0.0226. The monoisotopic (exact) mass is 312 g/mol. The van der Waals surface area contributed by atoms with Crippen LogP contribution in [0.3, 0.4) is 0 Å². The summed E-state index contributed by atoms with van der Waals surface area (Å²) in [4.78, 5) is 25.0. The van der Waals surface area contributed by atoms with E-state index in [1.807, 2.05) is 19.9 Å². The van der Waals surface area contributed by atoms with E-state index in [9.17, 15) is 9.59 Å². The average Bonchev–Trinajstić information content (AvgIpc) is 2.33. The van der Waals surface area contributed by atoms with E-state index >= 15 is 0 Å². The fraction of sp³-hybridized carbons (Fsp3) is 0.385. The number of hydrogen-bond donors (Lipinski definition) is 1. The molecule has 0 saturated heterocycles. The molecule has 0 aliphatic heterocycles. The molecule has 0 unspecified atom stereocenters. The molecule has 5 heteroatoms. The zero-order chi connectivity index (χ0) is 13.7. The number of rotatable bonds is 4. The summed E-state index contributed by atoms with van der Waals surface area (Å²) in [5.74, 6) is -0.338. The Morgan fingerprint density at radius 3 is 2.56 bits per heavy atom. The predicted octanol–water partition coefficient (Wildman–Crippen LogP) is 1.97. The van der Waals surface area contributed by atoms with Crippen LogP contribution in [0.15, 0.2) is 22.7 Å². The molecule has 0 saturated carbocycles. The molecule has 0 aromatic heterocycles. The molecule has 1 aromatic carbocycles. The lowest BCUT2D eigenvalue weighted by Crippen LogP contribution is -2.38. The van der Waals surface area contributed by atoms with E-state index in [0.29, 0.717) is 12.1 Å². The second kappa shape index (κ2) is 6.54. The Kier molecular flexibility index (Phi) is 5.34. The van der Waals surface area contributed by atoms with Crippen molar-refractivity contribution in [2.45, 2.75) is 13.8 Å². The van der Waals surface area contributed by atoms with E-state index in [0.717, 1.165) is 10.0 Å². The van der Waals surface area contributed by atoms with Gasteiger partial charge >= 0.3 is 0 Å². The van der Waals surface area contributed by atoms with E-state index in [4.69, 9.17) is 0 Å². The molecule has 1 N–H and O–H groups in total. The van der Waals surface area contributed by atoms with Crippen molar-refractivity contribution >= 4 is 27.7 Å². The summed E-state index contributed by atoms with van der Waals surface area (Å²) in [6, 6.07) is 5.44. The molecule has 0 aliphatic carbocycles. The standard InChI is InChI=1S/C13H17BrN2O2/c1-4-16(3)12(17)8-15-13(18)10-5-9(2)6-11(14)7-10/h5-7H,4,8H2,1-3H3,(H,15,18). The van der Waals surface area contributed by atoms with Gasteiger partial charge in [-0.15, -0.1) is 0 Å². The van der Waals surface area contributed by atoms with Gasteiger partial charge in [-0.2, -0.15) is 0 Å². The number of hydrogen-bond acceptors (Lipinski definition) is 2. The number of benzene rings is 1. The number of likely N-dealkylation sites (N-methyl/N-ethyl adjacent to an activating group) is 1. The van der Waals surface area contributed by atoms with Crippen molar-refractivity contribution < 1.29 is 9.59 Å². The zero-order valence-corrected chi connectivity index (χ0v) is 12.4. The Morgan fingerprint density at radius 2 is 2.00 bits per heavy atom. The third-order valence-corrected chi connectivity index (χ3v) is 3.06. The van der Waals surface area contributed by atoms with Crippen LogP contribution in [0.5, 0.6) is 0 Å². The first-order valence-electron chi connectivity index (χ1n) is 5.73. The number of aryl methyl sites for hydroxylation is 1. The summed E-state index contributed by atoms with van der Waals surface area (Å²) in [6.07, 6.45) is 0. The third kappa shape index (κ3) is 4.14. The zero-order valence-electron chi connectivity index (χ0n) is 10.8. The molecule has 4 nitrogen and oxygen atoms in total. The van der Waals surface area contributed by atoms with Gasteiger partial charge in [-0.1, -0.05) is 15.9 Å². The second-order valence-corrected chi connectivity index (χ2v) is 5.02. The average molecular weight is 313 g/mol. The van der Waals surface area contributed by atoms with Crippen molar-refractivity contribution in [2.75, 3.05) is 20.1 Å². The molecule has 1 rings (SSSR count). The quantitative estimate of drug-likeness (QED) is 0.924. The molecule has 0 spiro atoms. The van der Waals surface area contributed by atoms with E-state index in [2.05, 4.69) is 21.2 Å². The van der Waals surface area contributed by atoms with E-state index in [1.165, 1.54) is 0 Å². The lowest BCUT2D eigenvalue weighted by Gasteiger charge is -2.14. The van der Waals surface area contributed by atoms with Gasteiger partial charge in [-0.25, -0.2) is 0 Å². The maximum atomic E-state index is 11.9. The highest BCUT2D eigenvalue weighted by molar-refractivity contribution is 9.10. The Bertz CT molecular complexity index is 440. The highest BCUT2D eigenvalue weighted by Crippen LogP contribution is 2.15. The first-order chi connectivity index (χ1) is 8.43. The maximum Gasteiger partial charge on any atom is 0.251 e. The van der Waals surface area contributed by atoms with Gasteiger partial charge in [0.25, 0.3) is 5.91 Å². The van der Waals surface area contributed by atoms with Crippen molar-refractivity contribution in [3.8, 4) is 0 Å². The SMILES string of the molecule is CCN(C)C(=O)CNC(=O)c1cc(C)cc(Br)c1. The van der Waals surface area contributed by atoms with Crippen LogP contribution in [0.4, 0.5) is 0 Å². The lowest BCUT2D eigenvalue weighted by molar-refractivity contribution is -0.128. The molecule has 0 atom stereocenters. The summed E-state index contributed by atoms with van der Waals surface area (Å²) in [7, 11) is 1.71.